The largest absolute Gasteiger partial charge is 0.455 e. The second-order valence-electron chi connectivity index (χ2n) is 14.6. The van der Waals surface area contributed by atoms with E-state index in [1.807, 2.05) is 18.3 Å². The van der Waals surface area contributed by atoms with E-state index >= 15 is 0 Å². The van der Waals surface area contributed by atoms with E-state index in [9.17, 15) is 0 Å². The van der Waals surface area contributed by atoms with Crippen LogP contribution >= 0.6 is 0 Å². The first-order valence-electron chi connectivity index (χ1n) is 19.7. The van der Waals surface area contributed by atoms with Crippen LogP contribution in [0.5, 0.6) is 0 Å². The zero-order chi connectivity index (χ0) is 38.7. The lowest BCUT2D eigenvalue weighted by Crippen LogP contribution is -1.88. The summed E-state index contributed by atoms with van der Waals surface area (Å²) in [5.74, 6) is 0. The minimum absolute atomic E-state index is 0.901. The molecule has 0 amide bonds. The summed E-state index contributed by atoms with van der Waals surface area (Å²) in [7, 11) is 0. The van der Waals surface area contributed by atoms with Gasteiger partial charge in [0.15, 0.2) is 0 Å². The van der Waals surface area contributed by atoms with E-state index in [1.54, 1.807) is 0 Å². The fourth-order valence-electron chi connectivity index (χ4n) is 8.07. The van der Waals surface area contributed by atoms with Crippen LogP contribution in [0.2, 0.25) is 0 Å². The summed E-state index contributed by atoms with van der Waals surface area (Å²) in [5.41, 5.74) is 13.2. The number of hydrogen-bond acceptors (Lipinski definition) is 2. The molecule has 10 rings (SSSR count). The molecule has 0 unspecified atom stereocenters. The molecular weight excluding hydrogens is 703 g/mol. The molecule has 0 spiro atoms. The van der Waals surface area contributed by atoms with Crippen LogP contribution in [-0.4, -0.2) is 0 Å². The predicted molar refractivity (Wildman–Crippen MR) is 248 cm³/mol. The molecule has 10 aromatic rings. The van der Waals surface area contributed by atoms with Crippen molar-refractivity contribution in [3.05, 3.63) is 236 Å². The number of fused-ring (bicyclic) bond motifs is 5. The minimum Gasteiger partial charge on any atom is -0.455 e. The highest BCUT2D eigenvalue weighted by Gasteiger charge is 2.13. The number of hydrogen-bond donors (Lipinski definition) is 1. The second kappa shape index (κ2) is 15.5. The first-order valence-corrected chi connectivity index (χ1v) is 19.7. The van der Waals surface area contributed by atoms with Gasteiger partial charge in [-0.3, -0.25) is 0 Å². The summed E-state index contributed by atoms with van der Waals surface area (Å²) in [6.45, 7) is 0. The average Bonchev–Trinajstić information content (AvgIpc) is 3.68. The minimum atomic E-state index is 0.901. The molecule has 0 bridgehead atoms. The zero-order valence-corrected chi connectivity index (χ0v) is 31.8. The van der Waals surface area contributed by atoms with Crippen LogP contribution in [-0.2, 0) is 0 Å². The molecule has 274 valence electrons. The number of rotatable bonds is 9. The quantitative estimate of drug-likeness (QED) is 0.118. The molecule has 0 saturated heterocycles. The molecule has 1 N–H and O–H groups in total. The summed E-state index contributed by atoms with van der Waals surface area (Å²) in [6, 6.07) is 71.0. The highest BCUT2D eigenvalue weighted by molar-refractivity contribution is 6.09. The van der Waals surface area contributed by atoms with Gasteiger partial charge in [-0.1, -0.05) is 188 Å². The fraction of sp³-hybridized carbons (Fsp3) is 0. The number of nitrogens with one attached hydrogen (secondary N) is 1. The highest BCUT2D eigenvalue weighted by atomic mass is 16.3. The van der Waals surface area contributed by atoms with Gasteiger partial charge in [0, 0.05) is 28.2 Å². The number of allylic oxidation sites excluding steroid dienone is 4. The van der Waals surface area contributed by atoms with Crippen molar-refractivity contribution < 1.29 is 4.42 Å². The van der Waals surface area contributed by atoms with Crippen molar-refractivity contribution in [3.63, 3.8) is 0 Å². The molecule has 0 aliphatic rings. The molecule has 2 nitrogen and oxygen atoms in total. The van der Waals surface area contributed by atoms with Gasteiger partial charge in [0.25, 0.3) is 0 Å². The maximum absolute atomic E-state index is 6.44. The van der Waals surface area contributed by atoms with Gasteiger partial charge in [0.1, 0.15) is 11.2 Å². The predicted octanol–water partition coefficient (Wildman–Crippen LogP) is 15.6. The van der Waals surface area contributed by atoms with Crippen molar-refractivity contribution in [2.45, 2.75) is 0 Å². The van der Waals surface area contributed by atoms with Gasteiger partial charge >= 0.3 is 0 Å². The Labute approximate surface area is 338 Å². The Balaban J connectivity index is 0.954. The lowest BCUT2D eigenvalue weighted by Gasteiger charge is -2.09. The maximum atomic E-state index is 6.44. The Morgan fingerprint density at radius 3 is 1.72 bits per heavy atom. The van der Waals surface area contributed by atoms with Crippen molar-refractivity contribution in [2.24, 2.45) is 0 Å². The Morgan fingerprint density at radius 1 is 0.431 bits per heavy atom. The maximum Gasteiger partial charge on any atom is 0.143 e. The van der Waals surface area contributed by atoms with Crippen LogP contribution in [0.25, 0.3) is 88.5 Å². The van der Waals surface area contributed by atoms with Gasteiger partial charge < -0.3 is 9.73 Å². The van der Waals surface area contributed by atoms with Gasteiger partial charge in [-0.25, -0.2) is 0 Å². The average molecular weight is 742 g/mol. The van der Waals surface area contributed by atoms with Crippen LogP contribution in [0, 0.1) is 0 Å². The molecule has 0 aliphatic carbocycles. The summed E-state index contributed by atoms with van der Waals surface area (Å²) >= 11 is 0. The molecule has 58 heavy (non-hydrogen) atoms. The van der Waals surface area contributed by atoms with Gasteiger partial charge in [-0.15, -0.1) is 0 Å². The molecule has 1 aromatic heterocycles. The fourth-order valence-corrected chi connectivity index (χ4v) is 8.07. The van der Waals surface area contributed by atoms with Gasteiger partial charge in [-0.05, 0) is 102 Å². The molecule has 1 heterocycles. The molecule has 2 heteroatoms. The molecular formula is C56H39NO. The SMILES string of the molecule is C(=C/C(=C\c1ccc(-c2cccc3ccccc23)cc1)c1cccc(-c2cccc3c2oc2ccccc23)c1)/C=C/Nc1ccc(-c2cccc3ccccc23)cc1. The smallest absolute Gasteiger partial charge is 0.143 e. The van der Waals surface area contributed by atoms with Crippen molar-refractivity contribution >= 4 is 60.8 Å². The van der Waals surface area contributed by atoms with E-state index < -0.39 is 0 Å². The van der Waals surface area contributed by atoms with E-state index in [-0.39, 0.29) is 0 Å². The molecule has 0 radical (unpaired) electrons. The van der Waals surface area contributed by atoms with E-state index in [0.717, 1.165) is 55.5 Å². The second-order valence-corrected chi connectivity index (χ2v) is 14.6. The summed E-state index contributed by atoms with van der Waals surface area (Å²) in [6.07, 6.45) is 10.6. The first kappa shape index (κ1) is 34.8. The third kappa shape index (κ3) is 6.89. The summed E-state index contributed by atoms with van der Waals surface area (Å²) < 4.78 is 6.44. The Kier molecular flexibility index (Phi) is 9.27. The van der Waals surface area contributed by atoms with Crippen LogP contribution in [0.15, 0.2) is 229 Å². The van der Waals surface area contributed by atoms with Crippen LogP contribution in [0.1, 0.15) is 11.1 Å². The van der Waals surface area contributed by atoms with Gasteiger partial charge in [-0.2, -0.15) is 0 Å². The molecule has 0 saturated carbocycles. The molecule has 0 atom stereocenters. The van der Waals surface area contributed by atoms with Crippen molar-refractivity contribution in [1.29, 1.82) is 0 Å². The molecule has 0 fully saturated rings. The third-order valence-electron chi connectivity index (χ3n) is 11.0. The summed E-state index contributed by atoms with van der Waals surface area (Å²) in [4.78, 5) is 0. The number of para-hydroxylation sites is 2. The topological polar surface area (TPSA) is 25.2 Å². The standard InChI is InChI=1S/C56H39NO/c1-3-20-48-40(13-1)16-10-23-50(48)42-30-28-39(29-31-42)37-44(45-18-9-19-46(38-45)52-25-12-26-54-53-22-5-6-27-55(53)58-56(52)54)15-7-8-36-57-47-34-32-43(33-35-47)51-24-11-17-41-14-2-4-21-49(41)51/h1-38,57H/b15-7-,36-8+,44-37+. The van der Waals surface area contributed by atoms with E-state index in [2.05, 4.69) is 218 Å². The lowest BCUT2D eigenvalue weighted by atomic mass is 9.95. The number of anilines is 1. The van der Waals surface area contributed by atoms with E-state index in [4.69, 9.17) is 4.42 Å². The molecule has 0 aliphatic heterocycles. The van der Waals surface area contributed by atoms with Crippen molar-refractivity contribution in [3.8, 4) is 33.4 Å². The van der Waals surface area contributed by atoms with Crippen molar-refractivity contribution in [1.82, 2.24) is 0 Å². The van der Waals surface area contributed by atoms with Crippen LogP contribution in [0.4, 0.5) is 5.69 Å². The number of benzene rings is 9. The van der Waals surface area contributed by atoms with Gasteiger partial charge in [0.2, 0.25) is 0 Å². The summed E-state index contributed by atoms with van der Waals surface area (Å²) in [5, 5.41) is 10.7. The van der Waals surface area contributed by atoms with E-state index in [0.29, 0.717) is 0 Å². The third-order valence-corrected chi connectivity index (χ3v) is 11.0. The van der Waals surface area contributed by atoms with Crippen LogP contribution in [0.3, 0.4) is 0 Å². The van der Waals surface area contributed by atoms with Crippen LogP contribution < -0.4 is 5.32 Å². The Hall–Kier alpha value is -7.68. The Bertz CT molecular complexity index is 3170. The number of furan rings is 1. The van der Waals surface area contributed by atoms with Crippen molar-refractivity contribution in [2.75, 3.05) is 5.32 Å². The van der Waals surface area contributed by atoms with E-state index in [1.165, 1.54) is 43.8 Å². The lowest BCUT2D eigenvalue weighted by molar-refractivity contribution is 0.670. The normalized spacial score (nSPS) is 12.1. The highest BCUT2D eigenvalue weighted by Crippen LogP contribution is 2.37. The van der Waals surface area contributed by atoms with Gasteiger partial charge in [0.05, 0.1) is 0 Å². The monoisotopic (exact) mass is 741 g/mol. The molecule has 9 aromatic carbocycles. The first-order chi connectivity index (χ1) is 28.7. The zero-order valence-electron chi connectivity index (χ0n) is 31.8. The Morgan fingerprint density at radius 2 is 1.00 bits per heavy atom.